The van der Waals surface area contributed by atoms with Crippen molar-refractivity contribution >= 4 is 65.4 Å². The van der Waals surface area contributed by atoms with Crippen LogP contribution in [-0.4, -0.2) is 23.3 Å². The van der Waals surface area contributed by atoms with E-state index < -0.39 is 0 Å². The van der Waals surface area contributed by atoms with Gasteiger partial charge in [0.1, 0.15) is 5.82 Å². The number of pyridine rings is 1. The number of hydrogen-bond donors (Lipinski definition) is 0. The van der Waals surface area contributed by atoms with Crippen molar-refractivity contribution in [1.82, 2.24) is 23.3 Å². The average molecular weight is 1090 g/mol. The van der Waals surface area contributed by atoms with Crippen LogP contribution in [0.1, 0.15) is 0 Å². The van der Waals surface area contributed by atoms with E-state index in [1.54, 1.807) is 0 Å². The Morgan fingerprint density at radius 1 is 0.493 bits per heavy atom. The number of rotatable bonds is 8. The number of hydrogen-bond acceptors (Lipinski definition) is 2. The summed E-state index contributed by atoms with van der Waals surface area (Å²) in [6, 6.07) is 79.3. The summed E-state index contributed by atoms with van der Waals surface area (Å²) in [7, 11) is 2.20. The molecule has 0 fully saturated rings. The first-order valence-corrected chi connectivity index (χ1v) is 23.4. The Kier molecular flexibility index (Phi) is 10.2. The summed E-state index contributed by atoms with van der Waals surface area (Å²) in [4.78, 5) is 5.03. The minimum atomic E-state index is 0. The van der Waals surface area contributed by atoms with Gasteiger partial charge in [-0.25, -0.2) is 4.98 Å². The molecule has 0 aliphatic heterocycles. The molecule has 5 heterocycles. The maximum absolute atomic E-state index is 6.78. The Hall–Kier alpha value is -8.77. The molecule has 8 heteroatoms. The number of nitrogens with zero attached hydrogens (tertiary/aromatic N) is 6. The number of aryl methyl sites for hydroxylation is 1. The van der Waals surface area contributed by atoms with Crippen LogP contribution in [0, 0.1) is 18.5 Å². The minimum absolute atomic E-state index is 0. The normalized spacial score (nSPS) is 11.6. The predicted molar refractivity (Wildman–Crippen MR) is 282 cm³/mol. The third kappa shape index (κ3) is 6.69. The maximum Gasteiger partial charge on any atom is 0.267 e. The maximum atomic E-state index is 6.78. The van der Waals surface area contributed by atoms with Crippen molar-refractivity contribution in [3.63, 3.8) is 0 Å². The van der Waals surface area contributed by atoms with Gasteiger partial charge in [-0.3, -0.25) is 4.57 Å². The van der Waals surface area contributed by atoms with Crippen LogP contribution >= 0.6 is 0 Å². The van der Waals surface area contributed by atoms with E-state index in [1.807, 2.05) is 65.5 Å². The Bertz CT molecular complexity index is 4270. The van der Waals surface area contributed by atoms with Gasteiger partial charge in [-0.05, 0) is 69.7 Å². The van der Waals surface area contributed by atoms with Crippen LogP contribution < -0.4 is 9.30 Å². The molecule has 0 aliphatic rings. The van der Waals surface area contributed by atoms with Crippen LogP contribution in [0.25, 0.3) is 111 Å². The molecule has 14 rings (SSSR count). The van der Waals surface area contributed by atoms with E-state index in [0.29, 0.717) is 11.5 Å². The van der Waals surface area contributed by atoms with Crippen LogP contribution in [0.4, 0.5) is 0 Å². The first-order chi connectivity index (χ1) is 34.7. The zero-order valence-corrected chi connectivity index (χ0v) is 40.5. The van der Waals surface area contributed by atoms with Gasteiger partial charge in [0.25, 0.3) is 6.33 Å². The van der Waals surface area contributed by atoms with E-state index in [2.05, 4.69) is 208 Å². The number of fused-ring (bicyclic) bond motifs is 12. The molecule has 0 unspecified atom stereocenters. The molecule has 0 N–H and O–H groups in total. The molecule has 9 aromatic carbocycles. The number of aromatic nitrogens is 6. The quantitative estimate of drug-likeness (QED) is 0.112. The molecular formula is C63H40N6OPt-2. The summed E-state index contributed by atoms with van der Waals surface area (Å²) in [5.41, 5.74) is 13.9. The standard InChI is InChI=1S/C63H40N6O.Pt/c1-65-53-31-13-11-27-50(53)57-58-52-35-34-47(40-55(52)69(56-33-15-16-36-64-56)62(58)63-59(61(57)65)51-28-12-14-32-54(51)68(63)44-23-9-4-10-24-44)70-46-26-17-25-45(39-46)66-37-38-67(41-66)60-48(42-19-5-2-6-20-42)29-18-30-49(60)43-21-7-3-8-22-43;/h2-38H,1H3;/q-2;. The van der Waals surface area contributed by atoms with E-state index in [9.17, 15) is 0 Å². The Labute approximate surface area is 423 Å². The Morgan fingerprint density at radius 2 is 1.10 bits per heavy atom. The molecule has 0 saturated carbocycles. The van der Waals surface area contributed by atoms with Gasteiger partial charge in [0, 0.05) is 91.0 Å². The zero-order valence-electron chi connectivity index (χ0n) is 38.3. The number of para-hydroxylation sites is 4. The second kappa shape index (κ2) is 17.0. The second-order valence-corrected chi connectivity index (χ2v) is 17.6. The molecule has 0 spiro atoms. The summed E-state index contributed by atoms with van der Waals surface area (Å²) in [6.07, 6.45) is 9.54. The summed E-state index contributed by atoms with van der Waals surface area (Å²) in [5, 5.41) is 6.95. The van der Waals surface area contributed by atoms with Gasteiger partial charge in [0.15, 0.2) is 0 Å². The van der Waals surface area contributed by atoms with Gasteiger partial charge in [0.2, 0.25) is 0 Å². The van der Waals surface area contributed by atoms with Crippen LogP contribution in [0.2, 0.25) is 0 Å². The number of ether oxygens (including phenoxy) is 1. The first kappa shape index (κ1) is 42.3. The smallest absolute Gasteiger partial charge is 0.267 e. The van der Waals surface area contributed by atoms with Crippen LogP contribution in [0.5, 0.6) is 11.5 Å². The molecule has 340 valence electrons. The van der Waals surface area contributed by atoms with Gasteiger partial charge in [-0.15, -0.1) is 29.7 Å². The van der Waals surface area contributed by atoms with Gasteiger partial charge in [-0.1, -0.05) is 145 Å². The van der Waals surface area contributed by atoms with E-state index >= 15 is 0 Å². The topological polar surface area (TPSA) is 45.7 Å². The van der Waals surface area contributed by atoms with E-state index in [-0.39, 0.29) is 21.1 Å². The summed E-state index contributed by atoms with van der Waals surface area (Å²) in [6.45, 7) is 0. The molecule has 5 aromatic heterocycles. The predicted octanol–water partition coefficient (Wildman–Crippen LogP) is 14.5. The van der Waals surface area contributed by atoms with Crippen molar-refractivity contribution in [3.8, 4) is 56.6 Å². The second-order valence-electron chi connectivity index (χ2n) is 17.6. The van der Waals surface area contributed by atoms with Gasteiger partial charge >= 0.3 is 0 Å². The molecule has 14 aromatic rings. The number of imidazole rings is 1. The third-order valence-electron chi connectivity index (χ3n) is 13.7. The fourth-order valence-electron chi connectivity index (χ4n) is 10.8. The Balaban J connectivity index is 0.00000492. The summed E-state index contributed by atoms with van der Waals surface area (Å²) in [5.74, 6) is 1.90. The van der Waals surface area contributed by atoms with Crippen molar-refractivity contribution in [3.05, 3.63) is 243 Å². The Morgan fingerprint density at radius 3 is 1.82 bits per heavy atom. The molecule has 0 aliphatic carbocycles. The average Bonchev–Trinajstić information content (AvgIpc) is 4.20. The molecular weight excluding hydrogens is 1050 g/mol. The van der Waals surface area contributed by atoms with Gasteiger partial charge < -0.3 is 23.0 Å². The molecule has 71 heavy (non-hydrogen) atoms. The fourth-order valence-corrected chi connectivity index (χ4v) is 10.8. The summed E-state index contributed by atoms with van der Waals surface area (Å²) >= 11 is 0. The monoisotopic (exact) mass is 1090 g/mol. The van der Waals surface area contributed by atoms with E-state index in [1.165, 1.54) is 32.6 Å². The van der Waals surface area contributed by atoms with Crippen molar-refractivity contribution in [2.24, 2.45) is 7.05 Å². The molecule has 0 atom stereocenters. The largest absolute Gasteiger partial charge is 0.510 e. The SMILES string of the molecule is Cn1c2ccccc2c2c3c4ccc(Oc5[c-]c(-[n+]6[c-]n(-c7c(-c8ccccc8)cccc7-c7ccccc7)cc6)ccc5)[c-]c4n(-c4ccccn4)c3c3c(c4ccccc4n3-c3ccccc3)c21.[Pt]. The zero-order chi connectivity index (χ0) is 46.3. The molecule has 7 nitrogen and oxygen atoms in total. The van der Waals surface area contributed by atoms with Gasteiger partial charge in [-0.2, -0.15) is 18.2 Å². The van der Waals surface area contributed by atoms with Crippen molar-refractivity contribution < 1.29 is 30.4 Å². The van der Waals surface area contributed by atoms with Crippen LogP contribution in [-0.2, 0) is 28.1 Å². The number of benzene rings is 9. The molecule has 0 bridgehead atoms. The minimum Gasteiger partial charge on any atom is -0.510 e. The first-order valence-electron chi connectivity index (χ1n) is 23.4. The summed E-state index contributed by atoms with van der Waals surface area (Å²) < 4.78 is 17.9. The fraction of sp³-hybridized carbons (Fsp3) is 0.0159. The molecule has 0 amide bonds. The van der Waals surface area contributed by atoms with Gasteiger partial charge in [0.05, 0.1) is 27.8 Å². The van der Waals surface area contributed by atoms with Crippen LogP contribution in [0.15, 0.2) is 225 Å². The third-order valence-corrected chi connectivity index (χ3v) is 13.7. The molecule has 0 radical (unpaired) electrons. The van der Waals surface area contributed by atoms with Crippen molar-refractivity contribution in [1.29, 1.82) is 0 Å². The van der Waals surface area contributed by atoms with Crippen molar-refractivity contribution in [2.75, 3.05) is 0 Å². The molecule has 0 saturated heterocycles. The van der Waals surface area contributed by atoms with Crippen molar-refractivity contribution in [2.45, 2.75) is 0 Å². The van der Waals surface area contributed by atoms with E-state index in [0.717, 1.165) is 78.0 Å². The van der Waals surface area contributed by atoms with E-state index in [4.69, 9.17) is 9.72 Å². The van der Waals surface area contributed by atoms with Crippen LogP contribution in [0.3, 0.4) is 0 Å².